The molecule has 10 heavy (non-hydrogen) atoms. The Morgan fingerprint density at radius 2 is 2.50 bits per heavy atom. The van der Waals surface area contributed by atoms with Crippen LogP contribution in [0.3, 0.4) is 0 Å². The first-order chi connectivity index (χ1) is 4.74. The van der Waals surface area contributed by atoms with E-state index >= 15 is 0 Å². The zero-order valence-electron chi connectivity index (χ0n) is 5.76. The predicted octanol–water partition coefficient (Wildman–Crippen LogP) is -0.141. The molecular weight excluding hydrogens is 137 g/mol. The van der Waals surface area contributed by atoms with E-state index in [0.717, 1.165) is 0 Å². The molecule has 1 unspecified atom stereocenters. The molecule has 0 bridgehead atoms. The number of esters is 1. The van der Waals surface area contributed by atoms with Crippen molar-refractivity contribution in [3.05, 3.63) is 0 Å². The van der Waals surface area contributed by atoms with Gasteiger partial charge in [0.1, 0.15) is 12.2 Å². The van der Waals surface area contributed by atoms with Gasteiger partial charge in [0.15, 0.2) is 0 Å². The molecule has 1 N–H and O–H groups in total. The minimum absolute atomic E-state index is 0.243. The summed E-state index contributed by atoms with van der Waals surface area (Å²) in [5.41, 5.74) is 0. The Balaban J connectivity index is 2.37. The quantitative estimate of drug-likeness (QED) is 0.524. The highest BCUT2D eigenvalue weighted by Crippen LogP contribution is 2.10. The fourth-order valence-electron chi connectivity index (χ4n) is 1.01. The maximum absolute atomic E-state index is 12.4. The van der Waals surface area contributed by atoms with E-state index in [4.69, 9.17) is 0 Å². The van der Waals surface area contributed by atoms with Gasteiger partial charge in [-0.15, -0.1) is 0 Å². The van der Waals surface area contributed by atoms with Crippen LogP contribution in [0.5, 0.6) is 0 Å². The predicted molar refractivity (Wildman–Crippen MR) is 33.3 cm³/mol. The van der Waals surface area contributed by atoms with Crippen LogP contribution in [-0.2, 0) is 9.53 Å². The van der Waals surface area contributed by atoms with Crippen LogP contribution in [0, 0.1) is 0 Å². The Labute approximate surface area is 58.5 Å². The summed E-state index contributed by atoms with van der Waals surface area (Å²) in [6, 6.07) is -0.431. The standard InChI is InChI=1S/C6H10FNO2/c1-10-6(9)5-2-4(7)3-8-5/h4-5,8H,2-3H2,1H3/t4-,5?/m1/s1. The van der Waals surface area contributed by atoms with Crippen molar-refractivity contribution in [3.8, 4) is 0 Å². The van der Waals surface area contributed by atoms with E-state index in [-0.39, 0.29) is 18.9 Å². The molecule has 1 saturated heterocycles. The van der Waals surface area contributed by atoms with E-state index in [9.17, 15) is 9.18 Å². The maximum atomic E-state index is 12.4. The Morgan fingerprint density at radius 1 is 1.80 bits per heavy atom. The number of rotatable bonds is 1. The largest absolute Gasteiger partial charge is 0.468 e. The van der Waals surface area contributed by atoms with Crippen LogP contribution in [0.25, 0.3) is 0 Å². The average molecular weight is 147 g/mol. The van der Waals surface area contributed by atoms with Crippen LogP contribution in [0.2, 0.25) is 0 Å². The number of ether oxygens (including phenoxy) is 1. The van der Waals surface area contributed by atoms with Gasteiger partial charge in [-0.1, -0.05) is 0 Å². The Morgan fingerprint density at radius 3 is 2.90 bits per heavy atom. The smallest absolute Gasteiger partial charge is 0.322 e. The second-order valence-corrected chi connectivity index (χ2v) is 2.32. The first-order valence-corrected chi connectivity index (χ1v) is 3.19. The van der Waals surface area contributed by atoms with Crippen molar-refractivity contribution in [1.29, 1.82) is 0 Å². The van der Waals surface area contributed by atoms with Crippen LogP contribution in [0.15, 0.2) is 0 Å². The minimum Gasteiger partial charge on any atom is -0.468 e. The molecule has 4 heteroatoms. The van der Waals surface area contributed by atoms with E-state index in [1.165, 1.54) is 7.11 Å². The number of alkyl halides is 1. The van der Waals surface area contributed by atoms with Crippen molar-refractivity contribution in [2.75, 3.05) is 13.7 Å². The number of carbonyl (C=O) groups is 1. The summed E-state index contributed by atoms with van der Waals surface area (Å²) in [7, 11) is 1.30. The molecule has 1 aliphatic heterocycles. The lowest BCUT2D eigenvalue weighted by Crippen LogP contribution is -2.31. The van der Waals surface area contributed by atoms with E-state index in [1.54, 1.807) is 0 Å². The first kappa shape index (κ1) is 7.47. The molecule has 0 aromatic carbocycles. The zero-order chi connectivity index (χ0) is 7.56. The van der Waals surface area contributed by atoms with Gasteiger partial charge < -0.3 is 10.1 Å². The molecule has 0 spiro atoms. The molecule has 0 saturated carbocycles. The van der Waals surface area contributed by atoms with Crippen LogP contribution < -0.4 is 5.32 Å². The van der Waals surface area contributed by atoms with E-state index in [2.05, 4.69) is 10.1 Å². The highest BCUT2D eigenvalue weighted by atomic mass is 19.1. The third-order valence-corrected chi connectivity index (χ3v) is 1.56. The highest BCUT2D eigenvalue weighted by molar-refractivity contribution is 5.76. The molecule has 3 nitrogen and oxygen atoms in total. The molecule has 0 aromatic rings. The van der Waals surface area contributed by atoms with Crippen molar-refractivity contribution in [3.63, 3.8) is 0 Å². The highest BCUT2D eigenvalue weighted by Gasteiger charge is 2.29. The molecule has 0 aromatic heterocycles. The third-order valence-electron chi connectivity index (χ3n) is 1.56. The van der Waals surface area contributed by atoms with Gasteiger partial charge in [-0.05, 0) is 0 Å². The van der Waals surface area contributed by atoms with Crippen LogP contribution >= 0.6 is 0 Å². The Hall–Kier alpha value is -0.640. The number of methoxy groups -OCH3 is 1. The van der Waals surface area contributed by atoms with Crippen LogP contribution in [0.1, 0.15) is 6.42 Å². The number of nitrogens with one attached hydrogen (secondary N) is 1. The number of hydrogen-bond donors (Lipinski definition) is 1. The number of hydrogen-bond acceptors (Lipinski definition) is 3. The molecule has 0 amide bonds. The zero-order valence-corrected chi connectivity index (χ0v) is 5.76. The molecule has 1 heterocycles. The molecule has 2 atom stereocenters. The van der Waals surface area contributed by atoms with Crippen molar-refractivity contribution < 1.29 is 13.9 Å². The summed E-state index contributed by atoms with van der Waals surface area (Å²) in [5.74, 6) is -0.375. The third kappa shape index (κ3) is 1.44. The second-order valence-electron chi connectivity index (χ2n) is 2.32. The van der Waals surface area contributed by atoms with Gasteiger partial charge in [-0.3, -0.25) is 4.79 Å². The normalized spacial score (nSPS) is 32.2. The summed E-state index contributed by atoms with van der Waals surface area (Å²) in [5, 5.41) is 2.71. The van der Waals surface area contributed by atoms with E-state index < -0.39 is 12.2 Å². The number of carbonyl (C=O) groups excluding carboxylic acids is 1. The van der Waals surface area contributed by atoms with Gasteiger partial charge in [0.2, 0.25) is 0 Å². The van der Waals surface area contributed by atoms with Crippen molar-refractivity contribution in [1.82, 2.24) is 5.32 Å². The lowest BCUT2D eigenvalue weighted by molar-refractivity contribution is -0.142. The summed E-state index contributed by atoms with van der Waals surface area (Å²) in [6.07, 6.45) is -0.656. The Bertz CT molecular complexity index is 140. The first-order valence-electron chi connectivity index (χ1n) is 3.19. The minimum atomic E-state index is -0.899. The second kappa shape index (κ2) is 2.96. The fraction of sp³-hybridized carbons (Fsp3) is 0.833. The molecular formula is C6H10FNO2. The SMILES string of the molecule is COC(=O)C1C[C@@H](F)CN1. The van der Waals surface area contributed by atoms with Gasteiger partial charge in [0.05, 0.1) is 7.11 Å². The van der Waals surface area contributed by atoms with Gasteiger partial charge >= 0.3 is 5.97 Å². The lowest BCUT2D eigenvalue weighted by atomic mass is 10.2. The van der Waals surface area contributed by atoms with Crippen LogP contribution in [0.4, 0.5) is 4.39 Å². The van der Waals surface area contributed by atoms with Crippen molar-refractivity contribution in [2.24, 2.45) is 0 Å². The van der Waals surface area contributed by atoms with Gasteiger partial charge in [0, 0.05) is 13.0 Å². The topological polar surface area (TPSA) is 38.3 Å². The molecule has 0 radical (unpaired) electrons. The van der Waals surface area contributed by atoms with Gasteiger partial charge in [0.25, 0.3) is 0 Å². The number of halogens is 1. The summed E-state index contributed by atoms with van der Waals surface area (Å²) < 4.78 is 16.8. The van der Waals surface area contributed by atoms with E-state index in [0.29, 0.717) is 0 Å². The monoisotopic (exact) mass is 147 g/mol. The summed E-state index contributed by atoms with van der Waals surface area (Å²) >= 11 is 0. The summed E-state index contributed by atoms with van der Waals surface area (Å²) in [6.45, 7) is 0.264. The summed E-state index contributed by atoms with van der Waals surface area (Å²) in [4.78, 5) is 10.7. The van der Waals surface area contributed by atoms with E-state index in [1.807, 2.05) is 0 Å². The molecule has 1 fully saturated rings. The molecule has 58 valence electrons. The van der Waals surface area contributed by atoms with Gasteiger partial charge in [-0.2, -0.15) is 0 Å². The van der Waals surface area contributed by atoms with Crippen molar-refractivity contribution in [2.45, 2.75) is 18.6 Å². The van der Waals surface area contributed by atoms with Gasteiger partial charge in [-0.25, -0.2) is 4.39 Å². The van der Waals surface area contributed by atoms with Crippen molar-refractivity contribution >= 4 is 5.97 Å². The molecule has 1 aliphatic rings. The molecule has 0 aliphatic carbocycles. The maximum Gasteiger partial charge on any atom is 0.322 e. The van der Waals surface area contributed by atoms with Crippen LogP contribution in [-0.4, -0.2) is 31.8 Å². The Kier molecular flexibility index (Phi) is 2.21. The average Bonchev–Trinajstić information content (AvgIpc) is 2.34. The fourth-order valence-corrected chi connectivity index (χ4v) is 1.01. The lowest BCUT2D eigenvalue weighted by Gasteiger charge is -2.04. The molecule has 1 rings (SSSR count).